The van der Waals surface area contributed by atoms with Gasteiger partial charge in [0.15, 0.2) is 0 Å². The summed E-state index contributed by atoms with van der Waals surface area (Å²) >= 11 is 0. The molecule has 116 valence electrons. The van der Waals surface area contributed by atoms with Crippen molar-refractivity contribution < 1.29 is 9.90 Å². The Morgan fingerprint density at radius 2 is 2.19 bits per heavy atom. The average molecular weight is 292 g/mol. The zero-order valence-corrected chi connectivity index (χ0v) is 12.6. The van der Waals surface area contributed by atoms with Crippen molar-refractivity contribution >= 4 is 11.8 Å². The van der Waals surface area contributed by atoms with Gasteiger partial charge in [-0.25, -0.2) is 9.78 Å². The maximum absolute atomic E-state index is 11.8. The zero-order valence-electron chi connectivity index (χ0n) is 12.6. The summed E-state index contributed by atoms with van der Waals surface area (Å²) in [5.74, 6) is 0.991. The number of urea groups is 1. The van der Waals surface area contributed by atoms with E-state index in [1.54, 1.807) is 13.2 Å². The van der Waals surface area contributed by atoms with E-state index in [9.17, 15) is 4.79 Å². The molecule has 2 rings (SSSR count). The van der Waals surface area contributed by atoms with Gasteiger partial charge in [-0.15, -0.1) is 0 Å². The van der Waals surface area contributed by atoms with Crippen molar-refractivity contribution in [1.82, 2.24) is 15.2 Å². The van der Waals surface area contributed by atoms with E-state index in [2.05, 4.69) is 15.2 Å². The predicted octanol–water partition coefficient (Wildman–Crippen LogP) is 1.21. The second-order valence-electron chi connectivity index (χ2n) is 5.37. The Morgan fingerprint density at radius 1 is 1.43 bits per heavy atom. The minimum atomic E-state index is -0.180. The van der Waals surface area contributed by atoms with Crippen LogP contribution in [0.25, 0.3) is 0 Å². The largest absolute Gasteiger partial charge is 0.395 e. The van der Waals surface area contributed by atoms with Crippen molar-refractivity contribution in [3.05, 3.63) is 23.9 Å². The molecule has 6 nitrogen and oxygen atoms in total. The smallest absolute Gasteiger partial charge is 0.317 e. The Labute approximate surface area is 125 Å². The van der Waals surface area contributed by atoms with Crippen molar-refractivity contribution in [2.45, 2.75) is 25.8 Å². The minimum Gasteiger partial charge on any atom is -0.395 e. The first-order chi connectivity index (χ1) is 10.2. The van der Waals surface area contributed by atoms with E-state index < -0.39 is 0 Å². The summed E-state index contributed by atoms with van der Waals surface area (Å²) in [6.45, 7) is 2.89. The lowest BCUT2D eigenvalue weighted by atomic mass is 10.1. The molecule has 6 heteroatoms. The van der Waals surface area contributed by atoms with Gasteiger partial charge in [0.25, 0.3) is 0 Å². The molecule has 0 bridgehead atoms. The summed E-state index contributed by atoms with van der Waals surface area (Å²) in [7, 11) is 1.66. The maximum atomic E-state index is 11.8. The normalized spacial score (nSPS) is 14.9. The third-order valence-electron chi connectivity index (χ3n) is 3.72. The highest BCUT2D eigenvalue weighted by Gasteiger charge is 2.12. The van der Waals surface area contributed by atoms with E-state index in [0.717, 1.165) is 24.5 Å². The molecule has 0 aromatic carbocycles. The Kier molecular flexibility index (Phi) is 5.80. The van der Waals surface area contributed by atoms with Crippen molar-refractivity contribution in [2.75, 3.05) is 38.2 Å². The number of nitrogens with zero attached hydrogens (tertiary/aromatic N) is 3. The number of rotatable bonds is 5. The van der Waals surface area contributed by atoms with E-state index in [-0.39, 0.29) is 12.6 Å². The molecule has 1 aliphatic heterocycles. The molecule has 21 heavy (non-hydrogen) atoms. The number of aliphatic hydroxyl groups excluding tert-OH is 1. The van der Waals surface area contributed by atoms with Gasteiger partial charge in [0.05, 0.1) is 6.61 Å². The first-order valence-corrected chi connectivity index (χ1v) is 7.50. The number of nitrogens with one attached hydrogen (secondary N) is 1. The summed E-state index contributed by atoms with van der Waals surface area (Å²) in [6.07, 6.45) is 5.52. The first-order valence-electron chi connectivity index (χ1n) is 7.50. The second-order valence-corrected chi connectivity index (χ2v) is 5.37. The molecule has 0 aliphatic carbocycles. The molecule has 0 atom stereocenters. The van der Waals surface area contributed by atoms with Crippen LogP contribution in [0.3, 0.4) is 0 Å². The fourth-order valence-electron chi connectivity index (χ4n) is 2.43. The van der Waals surface area contributed by atoms with Crippen molar-refractivity contribution in [2.24, 2.45) is 0 Å². The van der Waals surface area contributed by atoms with Crippen molar-refractivity contribution in [3.8, 4) is 0 Å². The van der Waals surface area contributed by atoms with Gasteiger partial charge in [-0.2, -0.15) is 0 Å². The highest BCUT2D eigenvalue weighted by molar-refractivity contribution is 5.73. The topological polar surface area (TPSA) is 68.7 Å². The van der Waals surface area contributed by atoms with Crippen LogP contribution in [0.15, 0.2) is 18.3 Å². The molecule has 1 aromatic rings. The number of anilines is 1. The lowest BCUT2D eigenvalue weighted by molar-refractivity contribution is 0.190. The zero-order chi connectivity index (χ0) is 15.1. The molecular formula is C15H24N4O2. The Bertz CT molecular complexity index is 461. The fourth-order valence-corrected chi connectivity index (χ4v) is 2.43. The number of hydrogen-bond acceptors (Lipinski definition) is 4. The number of aliphatic hydroxyl groups is 1. The highest BCUT2D eigenvalue weighted by atomic mass is 16.3. The number of carbonyl (C=O) groups is 1. The standard InChI is InChI=1S/C15H24N4O2/c1-18(9-10-20)15(21)17-12-13-5-6-16-14(11-13)19-7-3-2-4-8-19/h5-6,11,20H,2-4,7-10,12H2,1H3,(H,17,21). The number of carbonyl (C=O) groups excluding carboxylic acids is 1. The summed E-state index contributed by atoms with van der Waals surface area (Å²) in [5.41, 5.74) is 1.04. The van der Waals surface area contributed by atoms with Crippen molar-refractivity contribution in [3.63, 3.8) is 0 Å². The van der Waals surface area contributed by atoms with Gasteiger partial charge in [0.1, 0.15) is 5.82 Å². The van der Waals surface area contributed by atoms with E-state index in [0.29, 0.717) is 13.1 Å². The molecular weight excluding hydrogens is 268 g/mol. The Morgan fingerprint density at radius 3 is 2.90 bits per heavy atom. The monoisotopic (exact) mass is 292 g/mol. The third-order valence-corrected chi connectivity index (χ3v) is 3.72. The van der Waals surface area contributed by atoms with Gasteiger partial charge < -0.3 is 20.2 Å². The first kappa shape index (κ1) is 15.6. The van der Waals surface area contributed by atoms with Crippen LogP contribution < -0.4 is 10.2 Å². The van der Waals surface area contributed by atoms with E-state index >= 15 is 0 Å². The van der Waals surface area contributed by atoms with Crippen LogP contribution >= 0.6 is 0 Å². The van der Waals surface area contributed by atoms with E-state index in [1.165, 1.54) is 24.2 Å². The quantitative estimate of drug-likeness (QED) is 0.856. The van der Waals surface area contributed by atoms with Gasteiger partial charge >= 0.3 is 6.03 Å². The molecule has 0 unspecified atom stereocenters. The van der Waals surface area contributed by atoms with Gasteiger partial charge in [-0.05, 0) is 37.0 Å². The van der Waals surface area contributed by atoms with E-state index in [4.69, 9.17) is 5.11 Å². The Balaban J connectivity index is 1.90. The van der Waals surface area contributed by atoms with Gasteiger partial charge in [-0.1, -0.05) is 0 Å². The molecule has 1 saturated heterocycles. The third kappa shape index (κ3) is 4.60. The molecule has 2 amide bonds. The van der Waals surface area contributed by atoms with Gasteiger partial charge in [0.2, 0.25) is 0 Å². The number of likely N-dealkylation sites (N-methyl/N-ethyl adjacent to an activating group) is 1. The molecule has 2 heterocycles. The van der Waals surface area contributed by atoms with Crippen LogP contribution in [0, 0.1) is 0 Å². The van der Waals surface area contributed by atoms with Crippen LogP contribution in [-0.2, 0) is 6.54 Å². The van der Waals surface area contributed by atoms with Gasteiger partial charge in [-0.3, -0.25) is 0 Å². The van der Waals surface area contributed by atoms with Crippen molar-refractivity contribution in [1.29, 1.82) is 0 Å². The summed E-state index contributed by atoms with van der Waals surface area (Å²) in [4.78, 5) is 20.0. The van der Waals surface area contributed by atoms with Crippen LogP contribution in [0.2, 0.25) is 0 Å². The SMILES string of the molecule is CN(CCO)C(=O)NCc1ccnc(N2CCCCC2)c1. The molecule has 0 radical (unpaired) electrons. The highest BCUT2D eigenvalue weighted by Crippen LogP contribution is 2.18. The second kappa shape index (κ2) is 7.83. The number of pyridine rings is 1. The summed E-state index contributed by atoms with van der Waals surface area (Å²) in [6, 6.07) is 3.78. The molecule has 1 aromatic heterocycles. The number of piperidine rings is 1. The minimum absolute atomic E-state index is 0.0295. The number of aromatic nitrogens is 1. The Hall–Kier alpha value is -1.82. The van der Waals surface area contributed by atoms with Gasteiger partial charge in [0, 0.05) is 39.4 Å². The molecule has 1 fully saturated rings. The number of amides is 2. The fraction of sp³-hybridized carbons (Fsp3) is 0.600. The number of hydrogen-bond donors (Lipinski definition) is 2. The van der Waals surface area contributed by atoms with E-state index in [1.807, 2.05) is 12.1 Å². The van der Waals surface area contributed by atoms with Crippen LogP contribution in [0.5, 0.6) is 0 Å². The lowest BCUT2D eigenvalue weighted by Crippen LogP contribution is -2.38. The molecule has 0 saturated carbocycles. The average Bonchev–Trinajstić information content (AvgIpc) is 2.54. The summed E-state index contributed by atoms with van der Waals surface area (Å²) < 4.78 is 0. The van der Waals surface area contributed by atoms with Crippen LogP contribution in [-0.4, -0.2) is 54.3 Å². The predicted molar refractivity (Wildman–Crippen MR) is 82.3 cm³/mol. The molecule has 2 N–H and O–H groups in total. The maximum Gasteiger partial charge on any atom is 0.317 e. The van der Waals surface area contributed by atoms with Crippen LogP contribution in [0.4, 0.5) is 10.6 Å². The lowest BCUT2D eigenvalue weighted by Gasteiger charge is -2.28. The van der Waals surface area contributed by atoms with Crippen LogP contribution in [0.1, 0.15) is 24.8 Å². The molecule has 1 aliphatic rings. The molecule has 0 spiro atoms. The summed E-state index contributed by atoms with van der Waals surface area (Å²) in [5, 5.41) is 11.7.